The number of nitrogens with one attached hydrogen (secondary N) is 1. The van der Waals surface area contributed by atoms with Crippen molar-refractivity contribution >= 4 is 28.0 Å². The molecule has 0 fully saturated rings. The Hall–Kier alpha value is -2.52. The fourth-order valence-corrected chi connectivity index (χ4v) is 2.75. The maximum atomic E-state index is 11.8. The van der Waals surface area contributed by atoms with Crippen molar-refractivity contribution in [2.75, 3.05) is 18.2 Å². The Morgan fingerprint density at radius 3 is 2.67 bits per heavy atom. The number of hydrogen-bond donors (Lipinski definition) is 2. The van der Waals surface area contributed by atoms with Gasteiger partial charge in [0.05, 0.1) is 12.8 Å². The Labute approximate surface area is 127 Å². The second kappa shape index (κ2) is 6.29. The van der Waals surface area contributed by atoms with Crippen molar-refractivity contribution in [3.8, 4) is 6.07 Å². The zero-order valence-electron chi connectivity index (χ0n) is 11.8. The number of nitrogens with two attached hydrogens (primary N) is 1. The molecule has 0 aliphatic heterocycles. The van der Waals surface area contributed by atoms with Gasteiger partial charge in [0.25, 0.3) is 0 Å². The molecule has 0 aliphatic rings. The molecule has 1 aromatic heterocycles. The van der Waals surface area contributed by atoms with Crippen molar-refractivity contribution < 1.29 is 9.53 Å². The number of nitriles is 1. The molecule has 0 radical (unpaired) electrons. The van der Waals surface area contributed by atoms with Crippen LogP contribution in [0.4, 0.5) is 10.7 Å². The first-order valence-corrected chi connectivity index (χ1v) is 7.08. The molecule has 21 heavy (non-hydrogen) atoms. The van der Waals surface area contributed by atoms with Crippen molar-refractivity contribution in [1.29, 1.82) is 5.26 Å². The van der Waals surface area contributed by atoms with Crippen LogP contribution in [-0.4, -0.2) is 13.1 Å². The van der Waals surface area contributed by atoms with Gasteiger partial charge in [0, 0.05) is 6.54 Å². The molecule has 2 aromatic rings. The van der Waals surface area contributed by atoms with Crippen LogP contribution in [0.5, 0.6) is 0 Å². The number of carbonyl (C=O) groups is 1. The number of rotatable bonds is 4. The van der Waals surface area contributed by atoms with E-state index in [0.717, 1.165) is 16.9 Å². The van der Waals surface area contributed by atoms with Gasteiger partial charge in [-0.3, -0.25) is 0 Å². The molecule has 0 aliphatic carbocycles. The second-order valence-electron chi connectivity index (χ2n) is 4.49. The smallest absolute Gasteiger partial charge is 0.343 e. The van der Waals surface area contributed by atoms with Gasteiger partial charge in [-0.25, -0.2) is 4.79 Å². The van der Waals surface area contributed by atoms with Crippen molar-refractivity contribution in [2.45, 2.75) is 13.5 Å². The van der Waals surface area contributed by atoms with E-state index in [-0.39, 0.29) is 11.3 Å². The predicted octanol–water partition coefficient (Wildman–Crippen LogP) is 2.91. The van der Waals surface area contributed by atoms with Gasteiger partial charge in [-0.1, -0.05) is 29.8 Å². The van der Waals surface area contributed by atoms with E-state index in [1.807, 2.05) is 37.3 Å². The summed E-state index contributed by atoms with van der Waals surface area (Å²) in [5.41, 5.74) is 8.48. The highest BCUT2D eigenvalue weighted by molar-refractivity contribution is 7.17. The standard InChI is InChI=1S/C15H15N3O2S/c1-9-3-5-10(6-4-9)8-18-14-12(15(19)20-2)13(17)11(7-16)21-14/h3-6,18H,8,17H2,1-2H3. The number of esters is 1. The van der Waals surface area contributed by atoms with Crippen LogP contribution < -0.4 is 11.1 Å². The summed E-state index contributed by atoms with van der Waals surface area (Å²) in [5.74, 6) is -0.545. The molecule has 6 heteroatoms. The average molecular weight is 301 g/mol. The highest BCUT2D eigenvalue weighted by atomic mass is 32.1. The number of methoxy groups -OCH3 is 1. The van der Waals surface area contributed by atoms with E-state index >= 15 is 0 Å². The lowest BCUT2D eigenvalue weighted by atomic mass is 10.1. The SMILES string of the molecule is COC(=O)c1c(NCc2ccc(C)cc2)sc(C#N)c1N. The number of aryl methyl sites for hydroxylation is 1. The fourth-order valence-electron chi connectivity index (χ4n) is 1.84. The van der Waals surface area contributed by atoms with E-state index in [0.29, 0.717) is 16.4 Å². The number of hydrogen-bond acceptors (Lipinski definition) is 6. The molecule has 0 saturated heterocycles. The number of anilines is 2. The molecular weight excluding hydrogens is 286 g/mol. The normalized spacial score (nSPS) is 9.95. The quantitative estimate of drug-likeness (QED) is 0.848. The van der Waals surface area contributed by atoms with E-state index in [1.54, 1.807) is 0 Å². The van der Waals surface area contributed by atoms with Crippen LogP contribution >= 0.6 is 11.3 Å². The summed E-state index contributed by atoms with van der Waals surface area (Å²) in [6.45, 7) is 2.56. The van der Waals surface area contributed by atoms with Crippen LogP contribution in [0, 0.1) is 18.3 Å². The van der Waals surface area contributed by atoms with Gasteiger partial charge in [-0.2, -0.15) is 5.26 Å². The highest BCUT2D eigenvalue weighted by Gasteiger charge is 2.22. The van der Waals surface area contributed by atoms with Gasteiger partial charge in [0.15, 0.2) is 0 Å². The number of benzene rings is 1. The fraction of sp³-hybridized carbons (Fsp3) is 0.200. The van der Waals surface area contributed by atoms with E-state index in [1.165, 1.54) is 12.7 Å². The Morgan fingerprint density at radius 1 is 1.43 bits per heavy atom. The summed E-state index contributed by atoms with van der Waals surface area (Å²) in [6, 6.07) is 10.0. The lowest BCUT2D eigenvalue weighted by molar-refractivity contribution is 0.0603. The molecule has 1 aromatic carbocycles. The van der Waals surface area contributed by atoms with Crippen LogP contribution in [0.3, 0.4) is 0 Å². The molecule has 5 nitrogen and oxygen atoms in total. The highest BCUT2D eigenvalue weighted by Crippen LogP contribution is 2.35. The average Bonchev–Trinajstić information content (AvgIpc) is 2.82. The zero-order chi connectivity index (χ0) is 15.4. The largest absolute Gasteiger partial charge is 0.465 e. The molecule has 0 unspecified atom stereocenters. The lowest BCUT2D eigenvalue weighted by Crippen LogP contribution is -2.08. The third kappa shape index (κ3) is 3.15. The topological polar surface area (TPSA) is 88.1 Å². The maximum absolute atomic E-state index is 11.8. The van der Waals surface area contributed by atoms with Gasteiger partial charge in [-0.05, 0) is 12.5 Å². The summed E-state index contributed by atoms with van der Waals surface area (Å²) in [6.07, 6.45) is 0. The van der Waals surface area contributed by atoms with Gasteiger partial charge < -0.3 is 15.8 Å². The molecule has 3 N–H and O–H groups in total. The lowest BCUT2D eigenvalue weighted by Gasteiger charge is -2.07. The van der Waals surface area contributed by atoms with E-state index in [4.69, 9.17) is 15.7 Å². The van der Waals surface area contributed by atoms with Gasteiger partial charge in [0.1, 0.15) is 21.5 Å². The second-order valence-corrected chi connectivity index (χ2v) is 5.51. The third-order valence-corrected chi connectivity index (χ3v) is 4.08. The van der Waals surface area contributed by atoms with Gasteiger partial charge in [0.2, 0.25) is 0 Å². The monoisotopic (exact) mass is 301 g/mol. The molecular formula is C15H15N3O2S. The summed E-state index contributed by atoms with van der Waals surface area (Å²) in [4.78, 5) is 12.1. The molecule has 0 amide bonds. The van der Waals surface area contributed by atoms with Crippen LogP contribution in [0.15, 0.2) is 24.3 Å². The van der Waals surface area contributed by atoms with Crippen LogP contribution in [-0.2, 0) is 11.3 Å². The summed E-state index contributed by atoms with van der Waals surface area (Å²) in [5, 5.41) is 12.7. The third-order valence-electron chi connectivity index (χ3n) is 3.01. The number of thiophene rings is 1. The van der Waals surface area contributed by atoms with E-state index < -0.39 is 5.97 Å². The molecule has 0 spiro atoms. The first-order valence-electron chi connectivity index (χ1n) is 6.27. The molecule has 0 saturated carbocycles. The summed E-state index contributed by atoms with van der Waals surface area (Å²) >= 11 is 1.15. The van der Waals surface area contributed by atoms with Crippen LogP contribution in [0.2, 0.25) is 0 Å². The first kappa shape index (κ1) is 14.9. The van der Waals surface area contributed by atoms with E-state index in [2.05, 4.69) is 5.32 Å². The minimum Gasteiger partial charge on any atom is -0.465 e. The maximum Gasteiger partial charge on any atom is 0.343 e. The molecule has 0 atom stereocenters. The van der Waals surface area contributed by atoms with Crippen molar-refractivity contribution in [1.82, 2.24) is 0 Å². The van der Waals surface area contributed by atoms with E-state index in [9.17, 15) is 4.79 Å². The Kier molecular flexibility index (Phi) is 4.45. The minimum absolute atomic E-state index is 0.167. The molecule has 0 bridgehead atoms. The summed E-state index contributed by atoms with van der Waals surface area (Å²) < 4.78 is 4.72. The minimum atomic E-state index is -0.545. The number of ether oxygens (including phenoxy) is 1. The first-order chi connectivity index (χ1) is 10.1. The van der Waals surface area contributed by atoms with Gasteiger partial charge >= 0.3 is 5.97 Å². The van der Waals surface area contributed by atoms with Crippen LogP contribution in [0.1, 0.15) is 26.4 Å². The molecule has 108 valence electrons. The van der Waals surface area contributed by atoms with Crippen molar-refractivity contribution in [3.05, 3.63) is 45.8 Å². The summed E-state index contributed by atoms with van der Waals surface area (Å²) in [7, 11) is 1.29. The molecule has 1 heterocycles. The van der Waals surface area contributed by atoms with Crippen LogP contribution in [0.25, 0.3) is 0 Å². The number of nitrogens with zero attached hydrogens (tertiary/aromatic N) is 1. The zero-order valence-corrected chi connectivity index (χ0v) is 12.6. The Bertz CT molecular complexity index is 699. The van der Waals surface area contributed by atoms with Crippen molar-refractivity contribution in [3.63, 3.8) is 0 Å². The predicted molar refractivity (Wildman–Crippen MR) is 83.3 cm³/mol. The number of nitrogen functional groups attached to an aromatic ring is 1. The Morgan fingerprint density at radius 2 is 2.10 bits per heavy atom. The Balaban J connectivity index is 2.25. The van der Waals surface area contributed by atoms with Crippen molar-refractivity contribution in [2.24, 2.45) is 0 Å². The number of carbonyl (C=O) groups excluding carboxylic acids is 1. The molecule has 2 rings (SSSR count). The van der Waals surface area contributed by atoms with Gasteiger partial charge in [-0.15, -0.1) is 11.3 Å².